The Hall–Kier alpha value is -3.93. The molecule has 0 aliphatic heterocycles. The Labute approximate surface area is 192 Å². The van der Waals surface area contributed by atoms with E-state index in [0.29, 0.717) is 5.69 Å². The highest BCUT2D eigenvalue weighted by atomic mass is 19.1. The van der Waals surface area contributed by atoms with Gasteiger partial charge in [-0.05, 0) is 65.0 Å². The summed E-state index contributed by atoms with van der Waals surface area (Å²) in [6, 6.07) is 12.4. The third-order valence-electron chi connectivity index (χ3n) is 4.49. The average molecular weight is 451 g/mol. The molecule has 33 heavy (non-hydrogen) atoms. The van der Waals surface area contributed by atoms with Crippen LogP contribution in [0.5, 0.6) is 0 Å². The second kappa shape index (κ2) is 9.28. The van der Waals surface area contributed by atoms with Gasteiger partial charge in [0.15, 0.2) is 17.5 Å². The Morgan fingerprint density at radius 2 is 1.91 bits per heavy atom. The highest BCUT2D eigenvalue weighted by Crippen LogP contribution is 2.26. The molecule has 0 aliphatic rings. The first kappa shape index (κ1) is 23.7. The predicted octanol–water partition coefficient (Wildman–Crippen LogP) is 5.10. The Kier molecular flexibility index (Phi) is 6.68. The normalized spacial score (nSPS) is 11.5. The number of halogens is 1. The Morgan fingerprint density at radius 3 is 2.61 bits per heavy atom. The van der Waals surface area contributed by atoms with Crippen LogP contribution in [0.3, 0.4) is 0 Å². The van der Waals surface area contributed by atoms with E-state index in [9.17, 15) is 14.4 Å². The van der Waals surface area contributed by atoms with E-state index in [2.05, 4.69) is 25.9 Å². The molecule has 0 bridgehead atoms. The molecular weight excluding hydrogens is 423 g/mol. The van der Waals surface area contributed by atoms with Crippen LogP contribution in [0.4, 0.5) is 26.5 Å². The number of nitrogens with one attached hydrogen (secondary N) is 3. The SMILES string of the molecule is CC(C)(CNC(=O)OC(C)(C)C)Nc1nc(Nc2ccc3ncccc3c2)c(C#N)cc1F. The molecule has 0 saturated carbocycles. The molecule has 2 heterocycles. The largest absolute Gasteiger partial charge is 0.444 e. The summed E-state index contributed by atoms with van der Waals surface area (Å²) >= 11 is 0. The number of nitrogens with zero attached hydrogens (tertiary/aromatic N) is 3. The van der Waals surface area contributed by atoms with Crippen molar-refractivity contribution in [3.05, 3.63) is 54.0 Å². The number of alkyl carbamates (subject to hydrolysis) is 1. The van der Waals surface area contributed by atoms with Crippen molar-refractivity contribution >= 4 is 34.3 Å². The Balaban J connectivity index is 1.79. The van der Waals surface area contributed by atoms with E-state index in [1.807, 2.05) is 36.4 Å². The second-order valence-electron chi connectivity index (χ2n) is 9.23. The number of carbonyl (C=O) groups excluding carboxylic acids is 1. The van der Waals surface area contributed by atoms with Crippen LogP contribution in [-0.2, 0) is 4.74 Å². The van der Waals surface area contributed by atoms with Crippen molar-refractivity contribution in [1.82, 2.24) is 15.3 Å². The molecule has 0 fully saturated rings. The van der Waals surface area contributed by atoms with Gasteiger partial charge in [-0.3, -0.25) is 4.98 Å². The number of hydrogen-bond acceptors (Lipinski definition) is 7. The van der Waals surface area contributed by atoms with Crippen molar-refractivity contribution in [2.45, 2.75) is 45.8 Å². The minimum atomic E-state index is -0.759. The van der Waals surface area contributed by atoms with Crippen molar-refractivity contribution in [2.75, 3.05) is 17.2 Å². The average Bonchev–Trinajstić information content (AvgIpc) is 2.73. The van der Waals surface area contributed by atoms with Crippen molar-refractivity contribution < 1.29 is 13.9 Å². The number of ether oxygens (including phenoxy) is 1. The van der Waals surface area contributed by atoms with Gasteiger partial charge in [-0.15, -0.1) is 0 Å². The molecule has 1 aromatic carbocycles. The summed E-state index contributed by atoms with van der Waals surface area (Å²) < 4.78 is 19.9. The first-order valence-corrected chi connectivity index (χ1v) is 10.4. The lowest BCUT2D eigenvalue weighted by atomic mass is 10.1. The van der Waals surface area contributed by atoms with Gasteiger partial charge in [0.2, 0.25) is 0 Å². The Morgan fingerprint density at radius 1 is 1.15 bits per heavy atom. The molecule has 0 spiro atoms. The molecular formula is C24H27FN6O2. The summed E-state index contributed by atoms with van der Waals surface area (Å²) in [6.07, 6.45) is 1.14. The lowest BCUT2D eigenvalue weighted by molar-refractivity contribution is 0.0520. The molecule has 0 radical (unpaired) electrons. The molecule has 0 unspecified atom stereocenters. The van der Waals surface area contributed by atoms with Crippen LogP contribution in [-0.4, -0.2) is 33.7 Å². The van der Waals surface area contributed by atoms with E-state index in [-0.39, 0.29) is 23.7 Å². The van der Waals surface area contributed by atoms with Crippen LogP contribution in [0, 0.1) is 17.1 Å². The van der Waals surface area contributed by atoms with Crippen molar-refractivity contribution in [2.24, 2.45) is 0 Å². The smallest absolute Gasteiger partial charge is 0.407 e. The van der Waals surface area contributed by atoms with Crippen molar-refractivity contribution in [3.63, 3.8) is 0 Å². The number of rotatable bonds is 6. The molecule has 3 aromatic rings. The zero-order valence-corrected chi connectivity index (χ0v) is 19.3. The third kappa shape index (κ3) is 6.53. The highest BCUT2D eigenvalue weighted by Gasteiger charge is 2.24. The van der Waals surface area contributed by atoms with Gasteiger partial charge in [0.05, 0.1) is 16.6 Å². The van der Waals surface area contributed by atoms with Gasteiger partial charge in [-0.2, -0.15) is 5.26 Å². The number of nitriles is 1. The number of carbonyl (C=O) groups is 1. The highest BCUT2D eigenvalue weighted by molar-refractivity contribution is 5.83. The van der Waals surface area contributed by atoms with Crippen molar-refractivity contribution in [1.29, 1.82) is 5.26 Å². The lowest BCUT2D eigenvalue weighted by Gasteiger charge is -2.28. The summed E-state index contributed by atoms with van der Waals surface area (Å²) in [7, 11) is 0. The molecule has 0 saturated heterocycles. The third-order valence-corrected chi connectivity index (χ3v) is 4.49. The van der Waals surface area contributed by atoms with E-state index in [0.717, 1.165) is 17.0 Å². The summed E-state index contributed by atoms with van der Waals surface area (Å²) in [5.74, 6) is -0.513. The van der Waals surface area contributed by atoms with Crippen LogP contribution in [0.15, 0.2) is 42.6 Å². The fraction of sp³-hybridized carbons (Fsp3) is 0.333. The second-order valence-corrected chi connectivity index (χ2v) is 9.23. The maximum atomic E-state index is 14.7. The first-order valence-electron chi connectivity index (χ1n) is 10.4. The van der Waals surface area contributed by atoms with Gasteiger partial charge in [0, 0.05) is 23.8 Å². The van der Waals surface area contributed by atoms with Gasteiger partial charge >= 0.3 is 6.09 Å². The number of amides is 1. The van der Waals surface area contributed by atoms with E-state index >= 15 is 0 Å². The topological polar surface area (TPSA) is 112 Å². The van der Waals surface area contributed by atoms with Crippen LogP contribution in [0.2, 0.25) is 0 Å². The summed E-state index contributed by atoms with van der Waals surface area (Å²) in [4.78, 5) is 20.6. The van der Waals surface area contributed by atoms with Crippen LogP contribution in [0.1, 0.15) is 40.2 Å². The molecule has 0 aliphatic carbocycles. The number of pyridine rings is 2. The molecule has 1 amide bonds. The van der Waals surface area contributed by atoms with Crippen LogP contribution < -0.4 is 16.0 Å². The minimum Gasteiger partial charge on any atom is -0.444 e. The molecule has 3 rings (SSSR count). The fourth-order valence-electron chi connectivity index (χ4n) is 3.02. The predicted molar refractivity (Wildman–Crippen MR) is 126 cm³/mol. The van der Waals surface area contributed by atoms with Gasteiger partial charge in [-0.1, -0.05) is 6.07 Å². The zero-order valence-electron chi connectivity index (χ0n) is 19.3. The zero-order chi connectivity index (χ0) is 24.2. The quantitative estimate of drug-likeness (QED) is 0.479. The number of aromatic nitrogens is 2. The van der Waals surface area contributed by atoms with Crippen molar-refractivity contribution in [3.8, 4) is 6.07 Å². The van der Waals surface area contributed by atoms with Gasteiger partial charge in [-0.25, -0.2) is 14.2 Å². The van der Waals surface area contributed by atoms with Gasteiger partial charge < -0.3 is 20.7 Å². The number of hydrogen-bond donors (Lipinski definition) is 3. The van der Waals surface area contributed by atoms with Crippen LogP contribution >= 0.6 is 0 Å². The molecule has 172 valence electrons. The molecule has 8 nitrogen and oxygen atoms in total. The summed E-state index contributed by atoms with van der Waals surface area (Å²) in [6.45, 7) is 9.04. The summed E-state index contributed by atoms with van der Waals surface area (Å²) in [5, 5.41) is 19.1. The maximum Gasteiger partial charge on any atom is 0.407 e. The van der Waals surface area contributed by atoms with Gasteiger partial charge in [0.1, 0.15) is 11.7 Å². The maximum absolute atomic E-state index is 14.7. The number of anilines is 3. The van der Waals surface area contributed by atoms with E-state index in [1.165, 1.54) is 0 Å². The number of fused-ring (bicyclic) bond motifs is 1. The monoisotopic (exact) mass is 450 g/mol. The molecule has 9 heteroatoms. The van der Waals surface area contributed by atoms with E-state index in [1.54, 1.807) is 40.8 Å². The molecule has 0 atom stereocenters. The Bertz CT molecular complexity index is 1210. The molecule has 2 aromatic heterocycles. The molecule has 3 N–H and O–H groups in total. The standard InChI is InChI=1S/C24H27FN6O2/c1-23(2,3)33-22(32)28-14-24(4,5)31-21-18(25)12-16(13-26)20(30-21)29-17-8-9-19-15(11-17)7-6-10-27-19/h6-12H,14H2,1-5H3,(H,28,32)(H2,29,30,31). The fourth-order valence-corrected chi connectivity index (χ4v) is 3.02. The van der Waals surface area contributed by atoms with E-state index < -0.39 is 23.1 Å². The van der Waals surface area contributed by atoms with Gasteiger partial charge in [0.25, 0.3) is 0 Å². The van der Waals surface area contributed by atoms with E-state index in [4.69, 9.17) is 4.74 Å². The number of benzene rings is 1. The summed E-state index contributed by atoms with van der Waals surface area (Å²) in [5.41, 5.74) is 0.196. The first-order chi connectivity index (χ1) is 15.5. The minimum absolute atomic E-state index is 0.0463. The van der Waals surface area contributed by atoms with Crippen LogP contribution in [0.25, 0.3) is 10.9 Å². The lowest BCUT2D eigenvalue weighted by Crippen LogP contribution is -2.45.